The van der Waals surface area contributed by atoms with Crippen LogP contribution in [-0.2, 0) is 0 Å². The number of pyridine rings is 1. The standard InChI is InChI=1S/C10H15N3O/c1-7(2)10(13-11)8-4-5-12-6-9(8)14-3/h4-6,10,13H,1,11H2,2-3H3. The molecule has 0 aliphatic rings. The second-order valence-electron chi connectivity index (χ2n) is 3.06. The zero-order valence-electron chi connectivity index (χ0n) is 8.45. The fourth-order valence-corrected chi connectivity index (χ4v) is 1.30. The van der Waals surface area contributed by atoms with E-state index in [1.807, 2.05) is 13.0 Å². The van der Waals surface area contributed by atoms with Gasteiger partial charge >= 0.3 is 0 Å². The zero-order chi connectivity index (χ0) is 10.6. The van der Waals surface area contributed by atoms with Gasteiger partial charge in [-0.3, -0.25) is 10.8 Å². The molecule has 0 fully saturated rings. The highest BCUT2D eigenvalue weighted by Gasteiger charge is 2.14. The van der Waals surface area contributed by atoms with Gasteiger partial charge in [-0.05, 0) is 13.0 Å². The second kappa shape index (κ2) is 4.74. The van der Waals surface area contributed by atoms with E-state index in [4.69, 9.17) is 10.6 Å². The molecular weight excluding hydrogens is 178 g/mol. The summed E-state index contributed by atoms with van der Waals surface area (Å²) < 4.78 is 5.18. The molecule has 1 heterocycles. The van der Waals surface area contributed by atoms with Crippen molar-refractivity contribution in [2.75, 3.05) is 7.11 Å². The van der Waals surface area contributed by atoms with Crippen molar-refractivity contribution in [3.8, 4) is 5.75 Å². The molecule has 0 aliphatic heterocycles. The lowest BCUT2D eigenvalue weighted by Crippen LogP contribution is -2.28. The molecule has 14 heavy (non-hydrogen) atoms. The van der Waals surface area contributed by atoms with Gasteiger partial charge in [0.25, 0.3) is 0 Å². The van der Waals surface area contributed by atoms with Crippen molar-refractivity contribution in [3.63, 3.8) is 0 Å². The van der Waals surface area contributed by atoms with Crippen LogP contribution in [0.4, 0.5) is 0 Å². The Labute approximate surface area is 83.8 Å². The lowest BCUT2D eigenvalue weighted by atomic mass is 10.0. The van der Waals surface area contributed by atoms with Crippen molar-refractivity contribution in [2.24, 2.45) is 5.84 Å². The summed E-state index contributed by atoms with van der Waals surface area (Å²) >= 11 is 0. The van der Waals surface area contributed by atoms with E-state index >= 15 is 0 Å². The summed E-state index contributed by atoms with van der Waals surface area (Å²) in [7, 11) is 1.60. The highest BCUT2D eigenvalue weighted by molar-refractivity contribution is 5.36. The lowest BCUT2D eigenvalue weighted by Gasteiger charge is -2.18. The lowest BCUT2D eigenvalue weighted by molar-refractivity contribution is 0.402. The Morgan fingerprint density at radius 3 is 2.93 bits per heavy atom. The van der Waals surface area contributed by atoms with Crippen LogP contribution in [0.1, 0.15) is 18.5 Å². The van der Waals surface area contributed by atoms with E-state index in [0.717, 1.165) is 11.1 Å². The van der Waals surface area contributed by atoms with Gasteiger partial charge in [0.1, 0.15) is 5.75 Å². The van der Waals surface area contributed by atoms with Crippen LogP contribution in [0.3, 0.4) is 0 Å². The predicted molar refractivity (Wildman–Crippen MR) is 55.7 cm³/mol. The van der Waals surface area contributed by atoms with E-state index < -0.39 is 0 Å². The van der Waals surface area contributed by atoms with Crippen molar-refractivity contribution in [2.45, 2.75) is 13.0 Å². The van der Waals surface area contributed by atoms with E-state index in [0.29, 0.717) is 5.75 Å². The molecule has 0 radical (unpaired) electrons. The number of rotatable bonds is 4. The Morgan fingerprint density at radius 1 is 1.71 bits per heavy atom. The maximum absolute atomic E-state index is 5.44. The summed E-state index contributed by atoms with van der Waals surface area (Å²) in [6, 6.07) is 1.76. The Kier molecular flexibility index (Phi) is 3.62. The Bertz CT molecular complexity index is 325. The van der Waals surface area contributed by atoms with E-state index in [-0.39, 0.29) is 6.04 Å². The number of aromatic nitrogens is 1. The maximum Gasteiger partial charge on any atom is 0.142 e. The monoisotopic (exact) mass is 193 g/mol. The van der Waals surface area contributed by atoms with Crippen LogP contribution < -0.4 is 16.0 Å². The molecule has 1 aromatic rings. The van der Waals surface area contributed by atoms with Crippen LogP contribution in [-0.4, -0.2) is 12.1 Å². The first-order valence-corrected chi connectivity index (χ1v) is 4.30. The molecule has 1 aromatic heterocycles. The molecular formula is C10H15N3O. The van der Waals surface area contributed by atoms with Gasteiger partial charge in [0.05, 0.1) is 19.3 Å². The minimum atomic E-state index is -0.104. The van der Waals surface area contributed by atoms with Gasteiger partial charge in [-0.15, -0.1) is 0 Å². The third-order valence-electron chi connectivity index (χ3n) is 2.01. The highest BCUT2D eigenvalue weighted by atomic mass is 16.5. The average Bonchev–Trinajstić information content (AvgIpc) is 2.19. The minimum absolute atomic E-state index is 0.104. The molecule has 0 bridgehead atoms. The van der Waals surface area contributed by atoms with Crippen LogP contribution >= 0.6 is 0 Å². The van der Waals surface area contributed by atoms with E-state index in [1.54, 1.807) is 19.5 Å². The number of methoxy groups -OCH3 is 1. The van der Waals surface area contributed by atoms with E-state index in [2.05, 4.69) is 17.0 Å². The van der Waals surface area contributed by atoms with Crippen molar-refractivity contribution in [1.82, 2.24) is 10.4 Å². The van der Waals surface area contributed by atoms with Gasteiger partial charge in [-0.2, -0.15) is 0 Å². The molecule has 0 saturated heterocycles. The van der Waals surface area contributed by atoms with Gasteiger partial charge in [0, 0.05) is 11.8 Å². The summed E-state index contributed by atoms with van der Waals surface area (Å²) in [5.41, 5.74) is 4.56. The van der Waals surface area contributed by atoms with Crippen molar-refractivity contribution >= 4 is 0 Å². The molecule has 0 saturated carbocycles. The number of nitrogens with two attached hydrogens (primary N) is 1. The van der Waals surface area contributed by atoms with E-state index in [9.17, 15) is 0 Å². The third kappa shape index (κ3) is 2.10. The molecule has 0 aliphatic carbocycles. The molecule has 0 spiro atoms. The summed E-state index contributed by atoms with van der Waals surface area (Å²) in [6.07, 6.45) is 3.35. The van der Waals surface area contributed by atoms with Gasteiger partial charge in [-0.25, -0.2) is 5.43 Å². The summed E-state index contributed by atoms with van der Waals surface area (Å²) in [5, 5.41) is 0. The fraction of sp³-hybridized carbons (Fsp3) is 0.300. The van der Waals surface area contributed by atoms with Gasteiger partial charge in [0.2, 0.25) is 0 Å². The Hall–Kier alpha value is -1.39. The second-order valence-corrected chi connectivity index (χ2v) is 3.06. The molecule has 1 unspecified atom stereocenters. The quantitative estimate of drug-likeness (QED) is 0.428. The van der Waals surface area contributed by atoms with Crippen molar-refractivity contribution in [1.29, 1.82) is 0 Å². The van der Waals surface area contributed by atoms with Crippen LogP contribution in [0, 0.1) is 0 Å². The molecule has 4 nitrogen and oxygen atoms in total. The summed E-state index contributed by atoms with van der Waals surface area (Å²) in [5.74, 6) is 6.15. The average molecular weight is 193 g/mol. The largest absolute Gasteiger partial charge is 0.495 e. The summed E-state index contributed by atoms with van der Waals surface area (Å²) in [4.78, 5) is 3.97. The van der Waals surface area contributed by atoms with Crippen molar-refractivity contribution < 1.29 is 4.74 Å². The molecule has 76 valence electrons. The molecule has 1 rings (SSSR count). The number of ether oxygens (including phenoxy) is 1. The molecule has 4 heteroatoms. The number of hydrogen-bond donors (Lipinski definition) is 2. The predicted octanol–water partition coefficient (Wildman–Crippen LogP) is 1.17. The number of nitrogens with zero attached hydrogens (tertiary/aromatic N) is 1. The minimum Gasteiger partial charge on any atom is -0.495 e. The number of nitrogens with one attached hydrogen (secondary N) is 1. The van der Waals surface area contributed by atoms with Crippen LogP contribution in [0.15, 0.2) is 30.6 Å². The van der Waals surface area contributed by atoms with Gasteiger partial charge in [-0.1, -0.05) is 12.2 Å². The third-order valence-corrected chi connectivity index (χ3v) is 2.01. The highest BCUT2D eigenvalue weighted by Crippen LogP contribution is 2.27. The Morgan fingerprint density at radius 2 is 2.43 bits per heavy atom. The van der Waals surface area contributed by atoms with Crippen LogP contribution in [0.5, 0.6) is 5.75 Å². The normalized spacial score (nSPS) is 12.2. The fourth-order valence-electron chi connectivity index (χ4n) is 1.30. The Balaban J connectivity index is 3.08. The number of hydrazine groups is 1. The first-order valence-electron chi connectivity index (χ1n) is 4.30. The number of hydrogen-bond acceptors (Lipinski definition) is 4. The first kappa shape index (κ1) is 10.7. The maximum atomic E-state index is 5.44. The van der Waals surface area contributed by atoms with Crippen molar-refractivity contribution in [3.05, 3.63) is 36.2 Å². The van der Waals surface area contributed by atoms with Crippen LogP contribution in [0.25, 0.3) is 0 Å². The SMILES string of the molecule is C=C(C)C(NN)c1ccncc1OC. The molecule has 0 amide bonds. The first-order chi connectivity index (χ1) is 6.70. The molecule has 3 N–H and O–H groups in total. The molecule has 1 atom stereocenters. The summed E-state index contributed by atoms with van der Waals surface area (Å²) in [6.45, 7) is 5.77. The molecule has 0 aromatic carbocycles. The van der Waals surface area contributed by atoms with E-state index in [1.165, 1.54) is 0 Å². The van der Waals surface area contributed by atoms with Crippen LogP contribution in [0.2, 0.25) is 0 Å². The smallest absolute Gasteiger partial charge is 0.142 e. The zero-order valence-corrected chi connectivity index (χ0v) is 8.45. The van der Waals surface area contributed by atoms with Gasteiger partial charge < -0.3 is 4.74 Å². The topological polar surface area (TPSA) is 60.2 Å². The van der Waals surface area contributed by atoms with Gasteiger partial charge in [0.15, 0.2) is 0 Å².